The van der Waals surface area contributed by atoms with Crippen LogP contribution in [0.25, 0.3) is 0 Å². The van der Waals surface area contributed by atoms with Gasteiger partial charge in [0.25, 0.3) is 0 Å². The molecule has 2 N–H and O–H groups in total. The topological polar surface area (TPSA) is 63.5 Å². The van der Waals surface area contributed by atoms with E-state index in [0.29, 0.717) is 6.54 Å². The van der Waals surface area contributed by atoms with E-state index in [-0.39, 0.29) is 12.1 Å². The maximum atomic E-state index is 12.1. The number of fused-ring (bicyclic) bond motifs is 1. The van der Waals surface area contributed by atoms with Gasteiger partial charge in [0.2, 0.25) is 0 Å². The molecule has 1 aliphatic carbocycles. The Labute approximate surface area is 136 Å². The van der Waals surface area contributed by atoms with Crippen LogP contribution in [-0.2, 0) is 12.8 Å². The van der Waals surface area contributed by atoms with Crippen LogP contribution in [0.4, 0.5) is 4.79 Å². The van der Waals surface area contributed by atoms with Crippen molar-refractivity contribution >= 4 is 6.03 Å². The lowest BCUT2D eigenvalue weighted by atomic mass is 9.93. The van der Waals surface area contributed by atoms with Crippen molar-refractivity contribution in [1.82, 2.24) is 10.6 Å². The van der Waals surface area contributed by atoms with Crippen molar-refractivity contribution < 1.29 is 13.9 Å². The molecule has 5 nitrogen and oxygen atoms in total. The van der Waals surface area contributed by atoms with Gasteiger partial charge in [0.05, 0.1) is 19.4 Å². The maximum absolute atomic E-state index is 12.1. The number of nitrogens with one attached hydrogen (secondary N) is 2. The van der Waals surface area contributed by atoms with Crippen LogP contribution in [0.1, 0.15) is 35.8 Å². The van der Waals surface area contributed by atoms with Gasteiger partial charge >= 0.3 is 6.03 Å². The Balaban J connectivity index is 1.47. The Morgan fingerprint density at radius 1 is 1.39 bits per heavy atom. The smallest absolute Gasteiger partial charge is 0.315 e. The summed E-state index contributed by atoms with van der Waals surface area (Å²) in [6.07, 6.45) is 5.42. The van der Waals surface area contributed by atoms with Crippen LogP contribution >= 0.6 is 0 Å². The molecule has 1 aromatic carbocycles. The van der Waals surface area contributed by atoms with Crippen molar-refractivity contribution in [2.24, 2.45) is 0 Å². The highest BCUT2D eigenvalue weighted by Crippen LogP contribution is 2.30. The highest BCUT2D eigenvalue weighted by molar-refractivity contribution is 5.74. The molecule has 0 aliphatic heterocycles. The number of benzene rings is 1. The average Bonchev–Trinajstić information content (AvgIpc) is 3.05. The lowest BCUT2D eigenvalue weighted by molar-refractivity contribution is 0.235. The maximum Gasteiger partial charge on any atom is 0.315 e. The largest absolute Gasteiger partial charge is 0.497 e. The zero-order valence-corrected chi connectivity index (χ0v) is 13.3. The number of hydrogen-bond acceptors (Lipinski definition) is 3. The van der Waals surface area contributed by atoms with Crippen molar-refractivity contribution in [3.63, 3.8) is 0 Å². The van der Waals surface area contributed by atoms with Crippen LogP contribution in [-0.4, -0.2) is 19.7 Å². The SMILES string of the molecule is COc1cccc(CCNC(=O)NC2CCCc3occc32)c1. The highest BCUT2D eigenvalue weighted by atomic mass is 16.5. The molecule has 0 saturated carbocycles. The van der Waals surface area contributed by atoms with Gasteiger partial charge in [-0.15, -0.1) is 0 Å². The van der Waals surface area contributed by atoms with Gasteiger partial charge in [0, 0.05) is 18.5 Å². The first-order valence-electron chi connectivity index (χ1n) is 8.00. The van der Waals surface area contributed by atoms with Crippen molar-refractivity contribution in [3.05, 3.63) is 53.5 Å². The van der Waals surface area contributed by atoms with E-state index in [1.807, 2.05) is 30.3 Å². The zero-order valence-electron chi connectivity index (χ0n) is 13.3. The van der Waals surface area contributed by atoms with Gasteiger partial charge in [0.15, 0.2) is 0 Å². The van der Waals surface area contributed by atoms with Gasteiger partial charge in [-0.25, -0.2) is 4.79 Å². The second-order valence-corrected chi connectivity index (χ2v) is 5.75. The second-order valence-electron chi connectivity index (χ2n) is 5.75. The Bertz CT molecular complexity index is 666. The third-order valence-electron chi connectivity index (χ3n) is 4.19. The normalized spacial score (nSPS) is 16.5. The number of methoxy groups -OCH3 is 1. The summed E-state index contributed by atoms with van der Waals surface area (Å²) in [5, 5.41) is 5.95. The molecule has 1 unspecified atom stereocenters. The van der Waals surface area contributed by atoms with E-state index in [1.165, 1.54) is 0 Å². The number of carbonyl (C=O) groups excluding carboxylic acids is 1. The number of carbonyl (C=O) groups is 1. The third-order valence-corrected chi connectivity index (χ3v) is 4.19. The molecule has 3 rings (SSSR count). The summed E-state index contributed by atoms with van der Waals surface area (Å²) in [5.41, 5.74) is 2.25. The molecule has 122 valence electrons. The van der Waals surface area contributed by atoms with Gasteiger partial charge in [-0.2, -0.15) is 0 Å². The molecule has 1 heterocycles. The third kappa shape index (κ3) is 3.86. The first kappa shape index (κ1) is 15.5. The second kappa shape index (κ2) is 7.22. The summed E-state index contributed by atoms with van der Waals surface area (Å²) in [7, 11) is 1.65. The molecule has 0 saturated heterocycles. The van der Waals surface area contributed by atoms with Crippen molar-refractivity contribution in [2.75, 3.05) is 13.7 Å². The van der Waals surface area contributed by atoms with E-state index < -0.39 is 0 Å². The minimum atomic E-state index is -0.132. The number of furan rings is 1. The highest BCUT2D eigenvalue weighted by Gasteiger charge is 2.23. The number of amides is 2. The fourth-order valence-electron chi connectivity index (χ4n) is 2.99. The quantitative estimate of drug-likeness (QED) is 0.891. The molecular weight excluding hydrogens is 292 g/mol. The van der Waals surface area contributed by atoms with Gasteiger partial charge < -0.3 is 19.8 Å². The monoisotopic (exact) mass is 314 g/mol. The molecule has 2 amide bonds. The van der Waals surface area contributed by atoms with Crippen LogP contribution in [0.15, 0.2) is 41.0 Å². The lowest BCUT2D eigenvalue weighted by Gasteiger charge is -2.22. The number of aryl methyl sites for hydroxylation is 1. The molecule has 2 aromatic rings. The zero-order chi connectivity index (χ0) is 16.1. The summed E-state index contributed by atoms with van der Waals surface area (Å²) in [4.78, 5) is 12.1. The number of hydrogen-bond donors (Lipinski definition) is 2. The molecule has 1 aromatic heterocycles. The minimum Gasteiger partial charge on any atom is -0.497 e. The number of urea groups is 1. The molecule has 1 atom stereocenters. The predicted octanol–water partition coefficient (Wildman–Crippen LogP) is 3.21. The van der Waals surface area contributed by atoms with E-state index in [0.717, 1.165) is 48.3 Å². The predicted molar refractivity (Wildman–Crippen MR) is 87.6 cm³/mol. The van der Waals surface area contributed by atoms with Crippen molar-refractivity contribution in [1.29, 1.82) is 0 Å². The van der Waals surface area contributed by atoms with E-state index in [1.54, 1.807) is 13.4 Å². The van der Waals surface area contributed by atoms with Crippen LogP contribution < -0.4 is 15.4 Å². The Morgan fingerprint density at radius 3 is 3.17 bits per heavy atom. The molecule has 0 bridgehead atoms. The van der Waals surface area contributed by atoms with Crippen LogP contribution in [0.3, 0.4) is 0 Å². The average molecular weight is 314 g/mol. The fourth-order valence-corrected chi connectivity index (χ4v) is 2.99. The van der Waals surface area contributed by atoms with E-state index >= 15 is 0 Å². The number of ether oxygens (including phenoxy) is 1. The van der Waals surface area contributed by atoms with Crippen molar-refractivity contribution in [2.45, 2.75) is 31.7 Å². The molecule has 0 fully saturated rings. The van der Waals surface area contributed by atoms with Gasteiger partial charge in [-0.3, -0.25) is 0 Å². The lowest BCUT2D eigenvalue weighted by Crippen LogP contribution is -2.39. The van der Waals surface area contributed by atoms with Gasteiger partial charge in [-0.05, 0) is 43.0 Å². The molecule has 5 heteroatoms. The standard InChI is InChI=1S/C18H22N2O3/c1-22-14-5-2-4-13(12-14)8-10-19-18(21)20-16-6-3-7-17-15(16)9-11-23-17/h2,4-5,9,11-12,16H,3,6-8,10H2,1H3,(H2,19,20,21). The van der Waals surface area contributed by atoms with E-state index in [4.69, 9.17) is 9.15 Å². The van der Waals surface area contributed by atoms with Gasteiger partial charge in [-0.1, -0.05) is 12.1 Å². The van der Waals surface area contributed by atoms with Crippen molar-refractivity contribution in [3.8, 4) is 5.75 Å². The first-order valence-corrected chi connectivity index (χ1v) is 8.00. The molecule has 1 aliphatic rings. The Hall–Kier alpha value is -2.43. The van der Waals surface area contributed by atoms with Crippen LogP contribution in [0.5, 0.6) is 5.75 Å². The number of rotatable bonds is 5. The summed E-state index contributed by atoms with van der Waals surface area (Å²) < 4.78 is 10.6. The summed E-state index contributed by atoms with van der Waals surface area (Å²) in [6, 6.07) is 9.75. The van der Waals surface area contributed by atoms with Crippen LogP contribution in [0, 0.1) is 0 Å². The summed E-state index contributed by atoms with van der Waals surface area (Å²) in [6.45, 7) is 0.587. The minimum absolute atomic E-state index is 0.0503. The van der Waals surface area contributed by atoms with Gasteiger partial charge in [0.1, 0.15) is 11.5 Å². The summed E-state index contributed by atoms with van der Waals surface area (Å²) in [5.74, 6) is 1.83. The van der Waals surface area contributed by atoms with Crippen LogP contribution in [0.2, 0.25) is 0 Å². The Kier molecular flexibility index (Phi) is 4.86. The Morgan fingerprint density at radius 2 is 2.30 bits per heavy atom. The summed E-state index contributed by atoms with van der Waals surface area (Å²) >= 11 is 0. The first-order chi connectivity index (χ1) is 11.3. The fraction of sp³-hybridized carbons (Fsp3) is 0.389. The molecular formula is C18H22N2O3. The van der Waals surface area contributed by atoms with E-state index in [9.17, 15) is 4.79 Å². The van der Waals surface area contributed by atoms with E-state index in [2.05, 4.69) is 10.6 Å². The molecule has 0 radical (unpaired) electrons. The molecule has 0 spiro atoms. The molecule has 23 heavy (non-hydrogen) atoms.